The van der Waals surface area contributed by atoms with E-state index in [0.29, 0.717) is 5.92 Å². The molecule has 0 aromatic carbocycles. The monoisotopic (exact) mass is 292 g/mol. The molecule has 1 aliphatic carbocycles. The second kappa shape index (κ2) is 6.07. The fourth-order valence-corrected chi connectivity index (χ4v) is 2.89. The standard InChI is InChI=1S/C14H20N4O3/c1-9-4-3-5-10(6-9)17(2)14(19)11-7-13(15)16-8-12(11)18(20)21/h7-10H,3-6H2,1-2H3,(H2,15,16). The summed E-state index contributed by atoms with van der Waals surface area (Å²) in [5.74, 6) is 0.306. The Labute approximate surface area is 123 Å². The van der Waals surface area contributed by atoms with E-state index < -0.39 is 4.92 Å². The molecule has 21 heavy (non-hydrogen) atoms. The Balaban J connectivity index is 2.26. The van der Waals surface area contributed by atoms with Crippen LogP contribution in [-0.4, -0.2) is 33.8 Å². The van der Waals surface area contributed by atoms with Crippen LogP contribution < -0.4 is 5.73 Å². The Morgan fingerprint density at radius 2 is 2.24 bits per heavy atom. The number of amides is 1. The summed E-state index contributed by atoms with van der Waals surface area (Å²) in [6.45, 7) is 2.16. The van der Waals surface area contributed by atoms with Crippen molar-refractivity contribution in [3.8, 4) is 0 Å². The van der Waals surface area contributed by atoms with E-state index in [1.807, 2.05) is 0 Å². The van der Waals surface area contributed by atoms with Gasteiger partial charge in [-0.25, -0.2) is 4.98 Å². The van der Waals surface area contributed by atoms with Gasteiger partial charge in [-0.05, 0) is 24.8 Å². The minimum absolute atomic E-state index is 0.00762. The molecule has 2 unspecified atom stereocenters. The van der Waals surface area contributed by atoms with Crippen LogP contribution in [0.4, 0.5) is 11.5 Å². The number of pyridine rings is 1. The smallest absolute Gasteiger partial charge is 0.300 e. The van der Waals surface area contributed by atoms with Crippen molar-refractivity contribution < 1.29 is 9.72 Å². The molecular formula is C14H20N4O3. The first kappa shape index (κ1) is 15.2. The van der Waals surface area contributed by atoms with E-state index in [4.69, 9.17) is 5.73 Å². The quantitative estimate of drug-likeness (QED) is 0.679. The molecule has 2 rings (SSSR count). The SMILES string of the molecule is CC1CCCC(N(C)C(=O)c2cc(N)ncc2[N+](=O)[O-])C1. The van der Waals surface area contributed by atoms with Crippen molar-refractivity contribution in [2.24, 2.45) is 5.92 Å². The zero-order valence-electron chi connectivity index (χ0n) is 12.3. The van der Waals surface area contributed by atoms with Crippen LogP contribution in [0.5, 0.6) is 0 Å². The largest absolute Gasteiger partial charge is 0.384 e. The second-order valence-corrected chi connectivity index (χ2v) is 5.73. The van der Waals surface area contributed by atoms with Crippen molar-refractivity contribution >= 4 is 17.4 Å². The van der Waals surface area contributed by atoms with Gasteiger partial charge in [0.15, 0.2) is 0 Å². The number of nitro groups is 1. The molecule has 1 aromatic rings. The predicted molar refractivity (Wildman–Crippen MR) is 78.8 cm³/mol. The zero-order valence-corrected chi connectivity index (χ0v) is 12.3. The van der Waals surface area contributed by atoms with Crippen LogP contribution in [-0.2, 0) is 0 Å². The normalized spacial score (nSPS) is 21.8. The molecular weight excluding hydrogens is 272 g/mol. The number of hydrogen-bond acceptors (Lipinski definition) is 5. The predicted octanol–water partition coefficient (Wildman–Crippen LogP) is 2.22. The van der Waals surface area contributed by atoms with E-state index >= 15 is 0 Å². The minimum atomic E-state index is -0.600. The van der Waals surface area contributed by atoms with E-state index in [1.54, 1.807) is 11.9 Å². The van der Waals surface area contributed by atoms with Gasteiger partial charge in [-0.2, -0.15) is 0 Å². The molecule has 0 aliphatic heterocycles. The summed E-state index contributed by atoms with van der Waals surface area (Å²) in [5, 5.41) is 11.0. The molecule has 1 aromatic heterocycles. The Bertz CT molecular complexity index is 561. The number of nitrogen functional groups attached to an aromatic ring is 1. The lowest BCUT2D eigenvalue weighted by Gasteiger charge is -2.34. The van der Waals surface area contributed by atoms with Gasteiger partial charge in [0, 0.05) is 13.1 Å². The van der Waals surface area contributed by atoms with Crippen molar-refractivity contribution in [3.05, 3.63) is 27.9 Å². The molecule has 7 nitrogen and oxygen atoms in total. The highest BCUT2D eigenvalue weighted by Gasteiger charge is 2.30. The van der Waals surface area contributed by atoms with Crippen LogP contribution in [0, 0.1) is 16.0 Å². The molecule has 0 saturated heterocycles. The number of carbonyl (C=O) groups excluding carboxylic acids is 1. The first-order valence-corrected chi connectivity index (χ1v) is 7.07. The van der Waals surface area contributed by atoms with Crippen molar-refractivity contribution in [2.75, 3.05) is 12.8 Å². The average Bonchev–Trinajstić information content (AvgIpc) is 2.45. The molecule has 0 bridgehead atoms. The van der Waals surface area contributed by atoms with E-state index in [9.17, 15) is 14.9 Å². The van der Waals surface area contributed by atoms with Crippen LogP contribution >= 0.6 is 0 Å². The molecule has 1 amide bonds. The van der Waals surface area contributed by atoms with Gasteiger partial charge in [0.05, 0.1) is 4.92 Å². The summed E-state index contributed by atoms with van der Waals surface area (Å²) >= 11 is 0. The van der Waals surface area contributed by atoms with Gasteiger partial charge in [-0.1, -0.05) is 19.8 Å². The molecule has 0 spiro atoms. The summed E-state index contributed by atoms with van der Waals surface area (Å²) in [4.78, 5) is 28.3. The van der Waals surface area contributed by atoms with Crippen molar-refractivity contribution in [1.29, 1.82) is 0 Å². The average molecular weight is 292 g/mol. The van der Waals surface area contributed by atoms with Gasteiger partial charge in [-0.3, -0.25) is 14.9 Å². The lowest BCUT2D eigenvalue weighted by atomic mass is 9.86. The molecule has 0 radical (unpaired) electrons. The topological polar surface area (TPSA) is 102 Å². The molecule has 1 aliphatic rings. The number of rotatable bonds is 3. The Kier molecular flexibility index (Phi) is 4.40. The van der Waals surface area contributed by atoms with Crippen LogP contribution in [0.1, 0.15) is 43.0 Å². The fraction of sp³-hybridized carbons (Fsp3) is 0.571. The summed E-state index contributed by atoms with van der Waals surface area (Å²) in [5.41, 5.74) is 5.27. The lowest BCUT2D eigenvalue weighted by Crippen LogP contribution is -2.40. The minimum Gasteiger partial charge on any atom is -0.384 e. The van der Waals surface area contributed by atoms with Crippen LogP contribution in [0.25, 0.3) is 0 Å². The van der Waals surface area contributed by atoms with Gasteiger partial charge in [0.25, 0.3) is 11.6 Å². The third kappa shape index (κ3) is 3.29. The molecule has 2 N–H and O–H groups in total. The van der Waals surface area contributed by atoms with Crippen molar-refractivity contribution in [2.45, 2.75) is 38.6 Å². The number of aromatic nitrogens is 1. The maximum atomic E-state index is 12.6. The maximum Gasteiger partial charge on any atom is 0.300 e. The highest BCUT2D eigenvalue weighted by molar-refractivity contribution is 5.98. The van der Waals surface area contributed by atoms with Gasteiger partial charge >= 0.3 is 0 Å². The third-order valence-electron chi connectivity index (χ3n) is 4.11. The summed E-state index contributed by atoms with van der Waals surface area (Å²) in [7, 11) is 1.70. The highest BCUT2D eigenvalue weighted by atomic mass is 16.6. The maximum absolute atomic E-state index is 12.6. The molecule has 1 fully saturated rings. The Hall–Kier alpha value is -2.18. The number of anilines is 1. The first-order valence-electron chi connectivity index (χ1n) is 7.07. The van der Waals surface area contributed by atoms with Gasteiger partial charge in [0.2, 0.25) is 0 Å². The highest BCUT2D eigenvalue weighted by Crippen LogP contribution is 2.29. The van der Waals surface area contributed by atoms with Crippen LogP contribution in [0.3, 0.4) is 0 Å². The molecule has 1 heterocycles. The number of hydrogen-bond donors (Lipinski definition) is 1. The van der Waals surface area contributed by atoms with E-state index in [2.05, 4.69) is 11.9 Å². The molecule has 1 saturated carbocycles. The third-order valence-corrected chi connectivity index (χ3v) is 4.11. The van der Waals surface area contributed by atoms with Crippen LogP contribution in [0.15, 0.2) is 12.3 Å². The fourth-order valence-electron chi connectivity index (χ4n) is 2.89. The van der Waals surface area contributed by atoms with Gasteiger partial charge in [0.1, 0.15) is 17.6 Å². The van der Waals surface area contributed by atoms with Crippen molar-refractivity contribution in [1.82, 2.24) is 9.88 Å². The van der Waals surface area contributed by atoms with Gasteiger partial charge in [-0.15, -0.1) is 0 Å². The molecule has 2 atom stereocenters. The van der Waals surface area contributed by atoms with Crippen LogP contribution in [0.2, 0.25) is 0 Å². The van der Waals surface area contributed by atoms with E-state index in [-0.39, 0.29) is 29.0 Å². The van der Waals surface area contributed by atoms with E-state index in [1.165, 1.54) is 12.5 Å². The number of nitrogens with zero attached hydrogens (tertiary/aromatic N) is 3. The summed E-state index contributed by atoms with van der Waals surface area (Å²) in [6.07, 6.45) is 5.14. The Morgan fingerprint density at radius 3 is 2.86 bits per heavy atom. The van der Waals surface area contributed by atoms with Crippen molar-refractivity contribution in [3.63, 3.8) is 0 Å². The van der Waals surface area contributed by atoms with Gasteiger partial charge < -0.3 is 10.6 Å². The molecule has 7 heteroatoms. The van der Waals surface area contributed by atoms with E-state index in [0.717, 1.165) is 25.5 Å². The zero-order chi connectivity index (χ0) is 15.6. The Morgan fingerprint density at radius 1 is 1.52 bits per heavy atom. The molecule has 114 valence electrons. The lowest BCUT2D eigenvalue weighted by molar-refractivity contribution is -0.385. The number of nitrogens with two attached hydrogens (primary N) is 1. The summed E-state index contributed by atoms with van der Waals surface area (Å²) < 4.78 is 0. The number of carbonyl (C=O) groups is 1. The first-order chi connectivity index (χ1) is 9.90. The second-order valence-electron chi connectivity index (χ2n) is 5.73. The summed E-state index contributed by atoms with van der Waals surface area (Å²) in [6, 6.07) is 1.40.